The molecule has 0 aliphatic carbocycles. The van der Waals surface area contributed by atoms with E-state index in [9.17, 15) is 4.79 Å². The average Bonchev–Trinajstić information content (AvgIpc) is 1.99. The molecule has 0 amide bonds. The molecule has 0 fully saturated rings. The first-order chi connectivity index (χ1) is 6.94. The summed E-state index contributed by atoms with van der Waals surface area (Å²) >= 11 is 0. The second-order valence-corrected chi connectivity index (χ2v) is 12.0. The Morgan fingerprint density at radius 2 is 1.56 bits per heavy atom. The van der Waals surface area contributed by atoms with E-state index in [0.29, 0.717) is 6.61 Å². The first-order valence-corrected chi connectivity index (χ1v) is 9.11. The van der Waals surface area contributed by atoms with E-state index >= 15 is 0 Å². The van der Waals surface area contributed by atoms with Gasteiger partial charge < -0.3 is 4.74 Å². The molecule has 96 valence electrons. The van der Waals surface area contributed by atoms with Gasteiger partial charge in [-0.15, -0.1) is 0 Å². The fourth-order valence-electron chi connectivity index (χ4n) is 2.13. The van der Waals surface area contributed by atoms with Gasteiger partial charge in [0.25, 0.3) is 5.59 Å². The first kappa shape index (κ1) is 15.7. The number of rotatable bonds is 4. The molecule has 0 heterocycles. The highest BCUT2D eigenvalue weighted by molar-refractivity contribution is 7.05. The molecule has 0 aromatic carbocycles. The zero-order chi connectivity index (χ0) is 13.2. The van der Waals surface area contributed by atoms with Crippen LogP contribution in [0.15, 0.2) is 0 Å². The van der Waals surface area contributed by atoms with Gasteiger partial charge in [-0.3, -0.25) is 4.79 Å². The Morgan fingerprint density at radius 1 is 1.12 bits per heavy atom. The molecule has 0 aliphatic heterocycles. The van der Waals surface area contributed by atoms with E-state index in [1.165, 1.54) is 0 Å². The summed E-state index contributed by atoms with van der Waals surface area (Å²) in [6, 6.07) is 0. The van der Waals surface area contributed by atoms with Crippen molar-refractivity contribution < 1.29 is 9.53 Å². The van der Waals surface area contributed by atoms with Crippen molar-refractivity contribution in [2.75, 3.05) is 6.61 Å². The van der Waals surface area contributed by atoms with Gasteiger partial charge in [0.2, 0.25) is 0 Å². The van der Waals surface area contributed by atoms with Gasteiger partial charge in [-0.25, -0.2) is 0 Å². The number of carbonyl (C=O) groups excluding carboxylic acids is 1. The van der Waals surface area contributed by atoms with E-state index in [0.717, 1.165) is 6.42 Å². The third-order valence-corrected chi connectivity index (χ3v) is 8.18. The minimum absolute atomic E-state index is 0.0456. The summed E-state index contributed by atoms with van der Waals surface area (Å²) < 4.78 is 5.23. The number of carbonyl (C=O) groups is 1. The third kappa shape index (κ3) is 3.93. The van der Waals surface area contributed by atoms with Crippen molar-refractivity contribution in [1.29, 1.82) is 0 Å². The molecule has 0 aromatic heterocycles. The Hall–Kier alpha value is -0.313. The van der Waals surface area contributed by atoms with Crippen LogP contribution in [-0.2, 0) is 4.74 Å². The standard InChI is InChI=1S/C13H28O2Si/c1-9-15-11(14)16(7,8)13(5,6)10-12(2,3)4/h9-10H2,1-8H3. The van der Waals surface area contributed by atoms with Gasteiger partial charge in [0.05, 0.1) is 6.61 Å². The maximum Gasteiger partial charge on any atom is 0.271 e. The fraction of sp³-hybridized carbons (Fsp3) is 0.923. The van der Waals surface area contributed by atoms with Crippen molar-refractivity contribution in [2.45, 2.75) is 66.1 Å². The summed E-state index contributed by atoms with van der Waals surface area (Å²) in [5, 5.41) is 0.0670. The van der Waals surface area contributed by atoms with E-state index in [1.54, 1.807) is 0 Å². The number of hydrogen-bond acceptors (Lipinski definition) is 2. The van der Waals surface area contributed by atoms with Gasteiger partial charge in [0.15, 0.2) is 8.07 Å². The lowest BCUT2D eigenvalue weighted by Crippen LogP contribution is -2.49. The molecule has 0 unspecified atom stereocenters. The van der Waals surface area contributed by atoms with E-state index in [4.69, 9.17) is 4.74 Å². The van der Waals surface area contributed by atoms with Crippen molar-refractivity contribution in [3.63, 3.8) is 0 Å². The highest BCUT2D eigenvalue weighted by atomic mass is 28.3. The molecule has 2 nitrogen and oxygen atoms in total. The predicted octanol–water partition coefficient (Wildman–Crippen LogP) is 4.65. The Kier molecular flexibility index (Phi) is 4.81. The molecular formula is C13H28O2Si. The maximum atomic E-state index is 12.0. The van der Waals surface area contributed by atoms with Crippen LogP contribution in [0, 0.1) is 5.41 Å². The monoisotopic (exact) mass is 244 g/mol. The normalized spacial score (nSPS) is 13.8. The molecule has 3 heteroatoms. The van der Waals surface area contributed by atoms with Crippen LogP contribution >= 0.6 is 0 Å². The highest BCUT2D eigenvalue weighted by Crippen LogP contribution is 2.47. The largest absolute Gasteiger partial charge is 0.470 e. The van der Waals surface area contributed by atoms with Crippen LogP contribution in [0.1, 0.15) is 48.0 Å². The van der Waals surface area contributed by atoms with Gasteiger partial charge >= 0.3 is 0 Å². The van der Waals surface area contributed by atoms with E-state index in [2.05, 4.69) is 47.7 Å². The van der Waals surface area contributed by atoms with Gasteiger partial charge in [-0.2, -0.15) is 0 Å². The molecule has 0 radical (unpaired) electrons. The molecule has 0 saturated heterocycles. The summed E-state index contributed by atoms with van der Waals surface area (Å²) in [5.74, 6) is 0. The van der Waals surface area contributed by atoms with Crippen LogP contribution in [0.2, 0.25) is 18.1 Å². The Morgan fingerprint density at radius 3 is 1.88 bits per heavy atom. The molecule has 0 N–H and O–H groups in total. The summed E-state index contributed by atoms with van der Waals surface area (Å²) in [4.78, 5) is 12.0. The minimum atomic E-state index is -2.03. The average molecular weight is 244 g/mol. The smallest absolute Gasteiger partial charge is 0.271 e. The zero-order valence-corrected chi connectivity index (χ0v) is 13.2. The lowest BCUT2D eigenvalue weighted by Gasteiger charge is -2.41. The van der Waals surface area contributed by atoms with Crippen LogP contribution in [-0.4, -0.2) is 20.3 Å². The quantitative estimate of drug-likeness (QED) is 0.673. The fourth-order valence-corrected chi connectivity index (χ4v) is 4.16. The third-order valence-electron chi connectivity index (χ3n) is 3.45. The van der Waals surface area contributed by atoms with Crippen molar-refractivity contribution >= 4 is 13.7 Å². The molecule has 0 rings (SSSR count). The van der Waals surface area contributed by atoms with Gasteiger partial charge in [0.1, 0.15) is 0 Å². The lowest BCUT2D eigenvalue weighted by molar-refractivity contribution is 0.174. The second-order valence-electron chi connectivity index (χ2n) is 6.97. The van der Waals surface area contributed by atoms with Crippen LogP contribution in [0.25, 0.3) is 0 Å². The summed E-state index contributed by atoms with van der Waals surface area (Å²) in [7, 11) is -2.03. The minimum Gasteiger partial charge on any atom is -0.470 e. The Labute approximate surface area is 102 Å². The SMILES string of the molecule is CCOC(=O)[Si](C)(C)C(C)(C)CC(C)(C)C. The molecule has 0 spiro atoms. The zero-order valence-electron chi connectivity index (χ0n) is 12.2. The second kappa shape index (κ2) is 4.90. The highest BCUT2D eigenvalue weighted by Gasteiger charge is 2.48. The van der Waals surface area contributed by atoms with Crippen molar-refractivity contribution in [3.8, 4) is 0 Å². The van der Waals surface area contributed by atoms with E-state index < -0.39 is 8.07 Å². The Bertz CT molecular complexity index is 249. The van der Waals surface area contributed by atoms with Crippen molar-refractivity contribution in [2.24, 2.45) is 5.41 Å². The van der Waals surface area contributed by atoms with Crippen LogP contribution in [0.3, 0.4) is 0 Å². The summed E-state index contributed by atoms with van der Waals surface area (Å²) in [5.41, 5.74) is 0.296. The van der Waals surface area contributed by atoms with Crippen molar-refractivity contribution in [1.82, 2.24) is 0 Å². The Balaban J connectivity index is 4.90. The van der Waals surface area contributed by atoms with Crippen LogP contribution in [0.5, 0.6) is 0 Å². The number of hydrogen-bond donors (Lipinski definition) is 0. The molecule has 16 heavy (non-hydrogen) atoms. The molecule has 0 bridgehead atoms. The topological polar surface area (TPSA) is 26.3 Å². The van der Waals surface area contributed by atoms with Gasteiger partial charge in [-0.1, -0.05) is 47.7 Å². The lowest BCUT2D eigenvalue weighted by atomic mass is 9.86. The van der Waals surface area contributed by atoms with Crippen LogP contribution < -0.4 is 0 Å². The molecule has 0 atom stereocenters. The summed E-state index contributed by atoms with van der Waals surface area (Å²) in [6.45, 7) is 17.7. The molecule has 0 saturated carbocycles. The van der Waals surface area contributed by atoms with E-state index in [1.807, 2.05) is 6.92 Å². The molecular weight excluding hydrogens is 216 g/mol. The van der Waals surface area contributed by atoms with E-state index in [-0.39, 0.29) is 16.0 Å². The van der Waals surface area contributed by atoms with Gasteiger partial charge in [-0.05, 0) is 23.8 Å². The van der Waals surface area contributed by atoms with Crippen LogP contribution in [0.4, 0.5) is 4.79 Å². The number of ether oxygens (including phenoxy) is 1. The maximum absolute atomic E-state index is 12.0. The van der Waals surface area contributed by atoms with Gasteiger partial charge in [0, 0.05) is 0 Å². The predicted molar refractivity (Wildman–Crippen MR) is 72.6 cm³/mol. The summed E-state index contributed by atoms with van der Waals surface area (Å²) in [6.07, 6.45) is 1.05. The molecule has 0 aromatic rings. The van der Waals surface area contributed by atoms with Crippen molar-refractivity contribution in [3.05, 3.63) is 0 Å². The first-order valence-electron chi connectivity index (χ1n) is 6.11. The molecule has 0 aliphatic rings.